The summed E-state index contributed by atoms with van der Waals surface area (Å²) in [6.45, 7) is 2.78. The molecule has 5 rings (SSSR count). The summed E-state index contributed by atoms with van der Waals surface area (Å²) in [4.78, 5) is 18.9. The fraction of sp³-hybridized carbons (Fsp3) is 0.200. The average Bonchev–Trinajstić information content (AvgIpc) is 3.16. The standard InChI is InChI=1S/C20H17N5O2S/c21-17-16(12-14-6-3-5-13-4-1-2-7-15(13)14)18(26)22-19-25(17)23-20(28-19)24-8-10-27-11-9-24/h1-7,12,21H,8-11H2/b16-12-,21-17?. The highest BCUT2D eigenvalue weighted by molar-refractivity contribution is 8.26. The van der Waals surface area contributed by atoms with Gasteiger partial charge in [-0.15, -0.1) is 5.10 Å². The van der Waals surface area contributed by atoms with Crippen molar-refractivity contribution >= 4 is 50.7 Å². The molecule has 0 bridgehead atoms. The number of carbonyl (C=O) groups excluding carboxylic acids is 1. The number of thioether (sulfide) groups is 1. The SMILES string of the molecule is N=C1/C(=C/c2cccc3ccccc23)C(=O)N=C2SC(N3CCOCC3)=NN12. The van der Waals surface area contributed by atoms with E-state index in [1.807, 2.05) is 42.5 Å². The third-order valence-electron chi connectivity index (χ3n) is 4.85. The van der Waals surface area contributed by atoms with E-state index in [4.69, 9.17) is 10.1 Å². The molecule has 8 heteroatoms. The zero-order valence-electron chi connectivity index (χ0n) is 15.0. The first kappa shape index (κ1) is 17.2. The highest BCUT2D eigenvalue weighted by atomic mass is 32.2. The number of fused-ring (bicyclic) bond motifs is 2. The van der Waals surface area contributed by atoms with Crippen molar-refractivity contribution in [2.45, 2.75) is 0 Å². The molecule has 2 aromatic rings. The van der Waals surface area contributed by atoms with Gasteiger partial charge in [0.1, 0.15) is 0 Å². The van der Waals surface area contributed by atoms with E-state index in [0.29, 0.717) is 18.4 Å². The van der Waals surface area contributed by atoms with E-state index < -0.39 is 5.91 Å². The number of nitrogens with zero attached hydrogens (tertiary/aromatic N) is 4. The lowest BCUT2D eigenvalue weighted by atomic mass is 10.0. The molecule has 7 nitrogen and oxygen atoms in total. The van der Waals surface area contributed by atoms with Gasteiger partial charge in [-0.05, 0) is 34.2 Å². The van der Waals surface area contributed by atoms with Crippen LogP contribution in [0.1, 0.15) is 5.56 Å². The number of hydrogen-bond acceptors (Lipinski definition) is 6. The molecule has 28 heavy (non-hydrogen) atoms. The van der Waals surface area contributed by atoms with Crippen LogP contribution in [-0.2, 0) is 9.53 Å². The lowest BCUT2D eigenvalue weighted by Crippen LogP contribution is -2.39. The molecule has 0 atom stereocenters. The number of hydrogen-bond donors (Lipinski definition) is 1. The van der Waals surface area contributed by atoms with Crippen LogP contribution >= 0.6 is 11.8 Å². The van der Waals surface area contributed by atoms with E-state index in [0.717, 1.165) is 34.6 Å². The second-order valence-electron chi connectivity index (χ2n) is 6.57. The van der Waals surface area contributed by atoms with Crippen LogP contribution in [-0.4, -0.2) is 58.3 Å². The third kappa shape index (κ3) is 2.90. The lowest BCUT2D eigenvalue weighted by molar-refractivity contribution is -0.114. The van der Waals surface area contributed by atoms with Crippen molar-refractivity contribution in [2.75, 3.05) is 26.3 Å². The maximum atomic E-state index is 12.6. The van der Waals surface area contributed by atoms with E-state index in [2.05, 4.69) is 15.0 Å². The number of amidine groups is 3. The van der Waals surface area contributed by atoms with Gasteiger partial charge in [0.2, 0.25) is 5.17 Å². The summed E-state index contributed by atoms with van der Waals surface area (Å²) in [6, 6.07) is 13.9. The van der Waals surface area contributed by atoms with Gasteiger partial charge in [-0.2, -0.15) is 10.0 Å². The van der Waals surface area contributed by atoms with Gasteiger partial charge in [0, 0.05) is 13.1 Å². The van der Waals surface area contributed by atoms with Crippen molar-refractivity contribution in [2.24, 2.45) is 10.1 Å². The maximum absolute atomic E-state index is 12.6. The van der Waals surface area contributed by atoms with Gasteiger partial charge in [-0.25, -0.2) is 0 Å². The molecule has 1 saturated heterocycles. The summed E-state index contributed by atoms with van der Waals surface area (Å²) < 4.78 is 5.38. The van der Waals surface area contributed by atoms with Crippen molar-refractivity contribution in [3.05, 3.63) is 53.6 Å². The minimum atomic E-state index is -0.407. The van der Waals surface area contributed by atoms with Crippen molar-refractivity contribution < 1.29 is 9.53 Å². The Morgan fingerprint density at radius 3 is 2.71 bits per heavy atom. The maximum Gasteiger partial charge on any atom is 0.283 e. The van der Waals surface area contributed by atoms with E-state index in [1.54, 1.807) is 6.08 Å². The zero-order chi connectivity index (χ0) is 19.1. The Balaban J connectivity index is 1.51. The van der Waals surface area contributed by atoms with Crippen LogP contribution in [0, 0.1) is 5.41 Å². The van der Waals surface area contributed by atoms with Gasteiger partial charge < -0.3 is 9.64 Å². The van der Waals surface area contributed by atoms with Crippen LogP contribution in [0.3, 0.4) is 0 Å². The van der Waals surface area contributed by atoms with E-state index in [1.165, 1.54) is 16.8 Å². The number of aliphatic imine (C=N–C) groups is 1. The number of ether oxygens (including phenoxy) is 1. The van der Waals surface area contributed by atoms with Crippen LogP contribution < -0.4 is 0 Å². The first-order chi connectivity index (χ1) is 13.7. The Bertz CT molecular complexity index is 1080. The van der Waals surface area contributed by atoms with E-state index in [-0.39, 0.29) is 11.4 Å². The Hall–Kier alpha value is -2.97. The van der Waals surface area contributed by atoms with Crippen molar-refractivity contribution in [3.8, 4) is 0 Å². The Kier molecular flexibility index (Phi) is 4.22. The van der Waals surface area contributed by atoms with Crippen LogP contribution in [0.4, 0.5) is 0 Å². The molecular formula is C20H17N5O2S. The van der Waals surface area contributed by atoms with Crippen LogP contribution in [0.15, 0.2) is 58.1 Å². The molecule has 0 radical (unpaired) electrons. The second-order valence-corrected chi connectivity index (χ2v) is 7.50. The molecule has 2 aromatic carbocycles. The molecule has 1 amide bonds. The Morgan fingerprint density at radius 1 is 1.07 bits per heavy atom. The molecule has 3 aliphatic rings. The van der Waals surface area contributed by atoms with Gasteiger partial charge >= 0.3 is 0 Å². The average molecular weight is 391 g/mol. The second kappa shape index (κ2) is 6.88. The number of hydrazone groups is 1. The summed E-state index contributed by atoms with van der Waals surface area (Å²) >= 11 is 1.33. The third-order valence-corrected chi connectivity index (χ3v) is 5.82. The largest absolute Gasteiger partial charge is 0.378 e. The molecule has 3 aliphatic heterocycles. The molecule has 1 fully saturated rings. The van der Waals surface area contributed by atoms with Gasteiger partial charge in [-0.3, -0.25) is 10.2 Å². The lowest BCUT2D eigenvalue weighted by Gasteiger charge is -2.26. The van der Waals surface area contributed by atoms with Crippen LogP contribution in [0.2, 0.25) is 0 Å². The first-order valence-corrected chi connectivity index (χ1v) is 9.83. The van der Waals surface area contributed by atoms with Crippen LogP contribution in [0.5, 0.6) is 0 Å². The van der Waals surface area contributed by atoms with Crippen molar-refractivity contribution in [3.63, 3.8) is 0 Å². The highest BCUT2D eigenvalue weighted by Crippen LogP contribution is 2.30. The molecular weight excluding hydrogens is 374 g/mol. The molecule has 0 aliphatic carbocycles. The number of morpholine rings is 1. The number of benzene rings is 2. The summed E-state index contributed by atoms with van der Waals surface area (Å²) in [5, 5.41) is 17.9. The topological polar surface area (TPSA) is 81.3 Å². The highest BCUT2D eigenvalue weighted by Gasteiger charge is 2.37. The molecule has 0 spiro atoms. The molecule has 140 valence electrons. The molecule has 3 heterocycles. The zero-order valence-corrected chi connectivity index (χ0v) is 15.8. The number of rotatable bonds is 1. The Morgan fingerprint density at radius 2 is 1.86 bits per heavy atom. The van der Waals surface area contributed by atoms with Gasteiger partial charge in [0.05, 0.1) is 18.8 Å². The summed E-state index contributed by atoms with van der Waals surface area (Å²) in [7, 11) is 0. The molecule has 1 N–H and O–H groups in total. The number of amides is 1. The summed E-state index contributed by atoms with van der Waals surface area (Å²) in [6.07, 6.45) is 1.74. The Labute approximate surface area is 165 Å². The fourth-order valence-electron chi connectivity index (χ4n) is 3.40. The first-order valence-electron chi connectivity index (χ1n) is 9.01. The smallest absolute Gasteiger partial charge is 0.283 e. The van der Waals surface area contributed by atoms with Crippen molar-refractivity contribution in [1.82, 2.24) is 9.91 Å². The predicted molar refractivity (Wildman–Crippen MR) is 111 cm³/mol. The quantitative estimate of drug-likeness (QED) is 0.756. The summed E-state index contributed by atoms with van der Waals surface area (Å²) in [5.74, 6) is -0.353. The number of carbonyl (C=O) groups is 1. The van der Waals surface area contributed by atoms with Crippen LogP contribution in [0.25, 0.3) is 16.8 Å². The molecule has 0 saturated carbocycles. The van der Waals surface area contributed by atoms with E-state index >= 15 is 0 Å². The van der Waals surface area contributed by atoms with Gasteiger partial charge in [0.15, 0.2) is 11.0 Å². The molecule has 0 unspecified atom stereocenters. The molecule has 0 aromatic heterocycles. The fourth-order valence-corrected chi connectivity index (χ4v) is 4.34. The minimum absolute atomic E-state index is 0.0543. The van der Waals surface area contributed by atoms with E-state index in [9.17, 15) is 4.79 Å². The summed E-state index contributed by atoms with van der Waals surface area (Å²) in [5.41, 5.74) is 1.13. The van der Waals surface area contributed by atoms with Crippen molar-refractivity contribution in [1.29, 1.82) is 5.41 Å². The normalized spacial score (nSPS) is 21.2. The predicted octanol–water partition coefficient (Wildman–Crippen LogP) is 2.75. The number of nitrogens with one attached hydrogen (secondary N) is 1. The minimum Gasteiger partial charge on any atom is -0.378 e. The van der Waals surface area contributed by atoms with Gasteiger partial charge in [0.25, 0.3) is 5.91 Å². The van der Waals surface area contributed by atoms with Gasteiger partial charge in [-0.1, -0.05) is 42.5 Å². The monoisotopic (exact) mass is 391 g/mol.